The van der Waals surface area contributed by atoms with Crippen LogP contribution in [0.3, 0.4) is 0 Å². The van der Waals surface area contributed by atoms with Gasteiger partial charge in [-0.25, -0.2) is 4.98 Å². The van der Waals surface area contributed by atoms with Crippen molar-refractivity contribution >= 4 is 36.6 Å². The van der Waals surface area contributed by atoms with Gasteiger partial charge >= 0.3 is 0 Å². The number of halogens is 2. The minimum Gasteiger partial charge on any atom is -0.383 e. The van der Waals surface area contributed by atoms with E-state index in [-0.39, 0.29) is 30.8 Å². The fourth-order valence-electron chi connectivity index (χ4n) is 1.39. The second-order valence-corrected chi connectivity index (χ2v) is 2.82. The summed E-state index contributed by atoms with van der Waals surface area (Å²) in [7, 11) is 0. The van der Waals surface area contributed by atoms with Crippen molar-refractivity contribution in [3.8, 4) is 0 Å². The number of nitrogens with two attached hydrogens (primary N) is 2. The summed E-state index contributed by atoms with van der Waals surface area (Å²) in [5, 5.41) is 3.20. The third kappa shape index (κ3) is 2.37. The Hall–Kier alpha value is -0.780. The lowest BCUT2D eigenvalue weighted by Crippen LogP contribution is -2.26. The van der Waals surface area contributed by atoms with Crippen LogP contribution in [-0.2, 0) is 13.0 Å². The lowest BCUT2D eigenvalue weighted by molar-refractivity contribution is 0.629. The zero-order chi connectivity index (χ0) is 8.55. The summed E-state index contributed by atoms with van der Waals surface area (Å²) < 4.78 is 0. The third-order valence-electron chi connectivity index (χ3n) is 1.98. The molecule has 2 heterocycles. The molecular formula is C7H13Cl2N5. The molecule has 0 atom stereocenters. The van der Waals surface area contributed by atoms with Gasteiger partial charge in [0.2, 0.25) is 5.95 Å². The van der Waals surface area contributed by atoms with Crippen LogP contribution in [0.5, 0.6) is 0 Å². The molecule has 0 bridgehead atoms. The van der Waals surface area contributed by atoms with Gasteiger partial charge < -0.3 is 16.8 Å². The summed E-state index contributed by atoms with van der Waals surface area (Å²) in [5.41, 5.74) is 13.1. The Labute approximate surface area is 94.5 Å². The molecule has 0 aromatic carbocycles. The number of nitrogen functional groups attached to an aromatic ring is 2. The van der Waals surface area contributed by atoms with Gasteiger partial charge in [-0.05, 0) is 0 Å². The molecule has 2 rings (SSSR count). The molecule has 80 valence electrons. The average molecular weight is 238 g/mol. The monoisotopic (exact) mass is 237 g/mol. The summed E-state index contributed by atoms with van der Waals surface area (Å²) in [5.74, 6) is 0.776. The van der Waals surface area contributed by atoms with Crippen molar-refractivity contribution in [3.05, 3.63) is 11.3 Å². The molecular weight excluding hydrogens is 225 g/mol. The van der Waals surface area contributed by atoms with Crippen LogP contribution in [0, 0.1) is 0 Å². The second kappa shape index (κ2) is 5.19. The molecule has 1 aliphatic rings. The number of anilines is 2. The first-order valence-corrected chi connectivity index (χ1v) is 3.89. The first kappa shape index (κ1) is 13.2. The number of fused-ring (bicyclic) bond motifs is 1. The molecule has 0 spiro atoms. The van der Waals surface area contributed by atoms with E-state index in [0.717, 1.165) is 30.8 Å². The number of nitrogens with one attached hydrogen (secondary N) is 1. The van der Waals surface area contributed by atoms with Gasteiger partial charge in [0.25, 0.3) is 0 Å². The molecule has 0 fully saturated rings. The molecule has 0 unspecified atom stereocenters. The van der Waals surface area contributed by atoms with Crippen molar-refractivity contribution in [1.29, 1.82) is 0 Å². The van der Waals surface area contributed by atoms with Crippen molar-refractivity contribution < 1.29 is 0 Å². The fraction of sp³-hybridized carbons (Fsp3) is 0.429. The Morgan fingerprint density at radius 2 is 1.86 bits per heavy atom. The van der Waals surface area contributed by atoms with Crippen LogP contribution in [0.25, 0.3) is 0 Å². The molecule has 1 aromatic heterocycles. The van der Waals surface area contributed by atoms with Gasteiger partial charge in [-0.2, -0.15) is 4.98 Å². The highest BCUT2D eigenvalue weighted by molar-refractivity contribution is 5.85. The molecule has 1 aliphatic heterocycles. The maximum absolute atomic E-state index is 5.67. The Morgan fingerprint density at radius 3 is 2.57 bits per heavy atom. The van der Waals surface area contributed by atoms with Crippen LogP contribution in [0.4, 0.5) is 11.8 Å². The van der Waals surface area contributed by atoms with E-state index in [1.54, 1.807) is 0 Å². The van der Waals surface area contributed by atoms with Crippen molar-refractivity contribution in [3.63, 3.8) is 0 Å². The number of rotatable bonds is 0. The predicted molar refractivity (Wildman–Crippen MR) is 60.8 cm³/mol. The summed E-state index contributed by atoms with van der Waals surface area (Å²) in [4.78, 5) is 8.01. The van der Waals surface area contributed by atoms with Gasteiger partial charge in [-0.15, -0.1) is 24.8 Å². The van der Waals surface area contributed by atoms with Gasteiger partial charge in [0, 0.05) is 25.1 Å². The van der Waals surface area contributed by atoms with Gasteiger partial charge in [0.1, 0.15) is 5.82 Å². The first-order valence-electron chi connectivity index (χ1n) is 3.89. The highest BCUT2D eigenvalue weighted by Gasteiger charge is 2.14. The molecule has 0 radical (unpaired) electrons. The number of hydrogen-bond acceptors (Lipinski definition) is 5. The first-order chi connectivity index (χ1) is 5.77. The quantitative estimate of drug-likeness (QED) is 0.597. The van der Waals surface area contributed by atoms with Gasteiger partial charge in [-0.3, -0.25) is 0 Å². The Morgan fingerprint density at radius 1 is 1.14 bits per heavy atom. The smallest absolute Gasteiger partial charge is 0.222 e. The molecule has 5 N–H and O–H groups in total. The number of nitrogens with zero attached hydrogens (tertiary/aromatic N) is 2. The minimum absolute atomic E-state index is 0. The van der Waals surface area contributed by atoms with Crippen molar-refractivity contribution in [2.75, 3.05) is 18.0 Å². The number of hydrogen-bond donors (Lipinski definition) is 3. The van der Waals surface area contributed by atoms with E-state index >= 15 is 0 Å². The van der Waals surface area contributed by atoms with Gasteiger partial charge in [0.05, 0.1) is 5.69 Å². The maximum atomic E-state index is 5.67. The topological polar surface area (TPSA) is 89.8 Å². The largest absolute Gasteiger partial charge is 0.383 e. The van der Waals surface area contributed by atoms with E-state index < -0.39 is 0 Å². The average Bonchev–Trinajstić information content (AvgIpc) is 2.04. The zero-order valence-electron chi connectivity index (χ0n) is 7.49. The van der Waals surface area contributed by atoms with E-state index in [0.29, 0.717) is 5.82 Å². The molecule has 0 saturated carbocycles. The van der Waals surface area contributed by atoms with E-state index in [2.05, 4.69) is 15.3 Å². The van der Waals surface area contributed by atoms with Crippen LogP contribution >= 0.6 is 24.8 Å². The van der Waals surface area contributed by atoms with Gasteiger partial charge in [-0.1, -0.05) is 0 Å². The van der Waals surface area contributed by atoms with Crippen LogP contribution in [-0.4, -0.2) is 16.5 Å². The predicted octanol–water partition coefficient (Wildman–Crippen LogP) is 0.130. The Bertz CT molecular complexity index is 317. The highest BCUT2D eigenvalue weighted by Crippen LogP contribution is 2.17. The normalized spacial score (nSPS) is 13.4. The Balaban J connectivity index is 0.000000845. The minimum atomic E-state index is 0. The summed E-state index contributed by atoms with van der Waals surface area (Å²) in [6.07, 6.45) is 0.881. The lowest BCUT2D eigenvalue weighted by atomic mass is 10.1. The molecule has 5 nitrogen and oxygen atoms in total. The van der Waals surface area contributed by atoms with Crippen LogP contribution in [0.2, 0.25) is 0 Å². The SMILES string of the molecule is Cl.Cl.Nc1nc(N)c2c(n1)CCNC2. The molecule has 0 aliphatic carbocycles. The maximum Gasteiger partial charge on any atom is 0.222 e. The standard InChI is InChI=1S/C7H11N5.2ClH/c8-6-4-3-10-2-1-5(4)11-7(9)12-6;;/h10H,1-3H2,(H4,8,9,11,12);2*1H. The summed E-state index contributed by atoms with van der Waals surface area (Å²) in [6.45, 7) is 1.68. The van der Waals surface area contributed by atoms with Crippen molar-refractivity contribution in [1.82, 2.24) is 15.3 Å². The lowest BCUT2D eigenvalue weighted by Gasteiger charge is -2.17. The molecule has 0 amide bonds. The summed E-state index contributed by atoms with van der Waals surface area (Å²) in [6, 6.07) is 0. The second-order valence-electron chi connectivity index (χ2n) is 2.82. The summed E-state index contributed by atoms with van der Waals surface area (Å²) >= 11 is 0. The number of aromatic nitrogens is 2. The molecule has 0 saturated heterocycles. The van der Waals surface area contributed by atoms with E-state index in [1.165, 1.54) is 0 Å². The van der Waals surface area contributed by atoms with E-state index in [1.807, 2.05) is 0 Å². The van der Waals surface area contributed by atoms with Crippen LogP contribution in [0.1, 0.15) is 11.3 Å². The fourth-order valence-corrected chi connectivity index (χ4v) is 1.39. The van der Waals surface area contributed by atoms with E-state index in [4.69, 9.17) is 11.5 Å². The van der Waals surface area contributed by atoms with Crippen LogP contribution < -0.4 is 16.8 Å². The molecule has 1 aromatic rings. The van der Waals surface area contributed by atoms with E-state index in [9.17, 15) is 0 Å². The van der Waals surface area contributed by atoms with Gasteiger partial charge in [0.15, 0.2) is 0 Å². The highest BCUT2D eigenvalue weighted by atomic mass is 35.5. The molecule has 7 heteroatoms. The van der Waals surface area contributed by atoms with Crippen molar-refractivity contribution in [2.24, 2.45) is 0 Å². The van der Waals surface area contributed by atoms with Crippen molar-refractivity contribution in [2.45, 2.75) is 13.0 Å². The molecule has 14 heavy (non-hydrogen) atoms. The van der Waals surface area contributed by atoms with Crippen LogP contribution in [0.15, 0.2) is 0 Å². The third-order valence-corrected chi connectivity index (χ3v) is 1.98. The Kier molecular flexibility index (Phi) is 4.90. The zero-order valence-corrected chi connectivity index (χ0v) is 9.12.